The fourth-order valence-electron chi connectivity index (χ4n) is 1.34. The van der Waals surface area contributed by atoms with Crippen molar-refractivity contribution in [3.63, 3.8) is 0 Å². The van der Waals surface area contributed by atoms with Gasteiger partial charge in [-0.1, -0.05) is 11.8 Å². The van der Waals surface area contributed by atoms with Gasteiger partial charge in [0.25, 0.3) is 0 Å². The molecule has 19 heavy (non-hydrogen) atoms. The Hall–Kier alpha value is -1.66. The molecule has 0 radical (unpaired) electrons. The maximum absolute atomic E-state index is 11.9. The molecule has 0 unspecified atom stereocenters. The molecule has 1 aromatic carbocycles. The number of alkyl halides is 1. The summed E-state index contributed by atoms with van der Waals surface area (Å²) in [4.78, 5) is 13.3. The number of carbonyl (C=O) groups excluding carboxylic acids is 1. The summed E-state index contributed by atoms with van der Waals surface area (Å²) in [6.07, 6.45) is -0.382. The van der Waals surface area contributed by atoms with Crippen molar-refractivity contribution in [2.24, 2.45) is 0 Å². The third kappa shape index (κ3) is 5.23. The van der Waals surface area contributed by atoms with Crippen LogP contribution in [-0.2, 0) is 4.74 Å². The fourth-order valence-corrected chi connectivity index (χ4v) is 1.41. The summed E-state index contributed by atoms with van der Waals surface area (Å²) in [5, 5.41) is 0. The van der Waals surface area contributed by atoms with Gasteiger partial charge in [0, 0.05) is 18.3 Å². The van der Waals surface area contributed by atoms with Gasteiger partial charge in [-0.3, -0.25) is 4.90 Å². The Balaban J connectivity index is 2.78. The number of benzene rings is 1. The second kappa shape index (κ2) is 6.49. The van der Waals surface area contributed by atoms with Gasteiger partial charge in [-0.05, 0) is 45.0 Å². The van der Waals surface area contributed by atoms with Gasteiger partial charge < -0.3 is 4.74 Å². The van der Waals surface area contributed by atoms with Crippen molar-refractivity contribution in [2.45, 2.75) is 26.4 Å². The molecular weight excluding hydrogens is 262 g/mol. The molecule has 0 aromatic heterocycles. The van der Waals surface area contributed by atoms with E-state index < -0.39 is 5.60 Å². The first-order valence-corrected chi connectivity index (χ1v) is 6.48. The molecule has 0 bridgehead atoms. The van der Waals surface area contributed by atoms with Crippen LogP contribution in [-0.4, -0.2) is 24.6 Å². The Morgan fingerprint density at radius 1 is 1.32 bits per heavy atom. The zero-order valence-electron chi connectivity index (χ0n) is 11.7. The minimum Gasteiger partial charge on any atom is -0.443 e. The van der Waals surface area contributed by atoms with E-state index >= 15 is 0 Å². The van der Waals surface area contributed by atoms with Gasteiger partial charge in [0.05, 0.1) is 5.88 Å². The Labute approximate surface area is 119 Å². The summed E-state index contributed by atoms with van der Waals surface area (Å²) in [7, 11) is 1.67. The van der Waals surface area contributed by atoms with Crippen molar-refractivity contribution in [3.05, 3.63) is 29.8 Å². The number of halogens is 1. The number of hydrogen-bond acceptors (Lipinski definition) is 2. The monoisotopic (exact) mass is 279 g/mol. The van der Waals surface area contributed by atoms with Crippen LogP contribution in [0.15, 0.2) is 24.3 Å². The Morgan fingerprint density at radius 2 is 1.89 bits per heavy atom. The second-order valence-corrected chi connectivity index (χ2v) is 5.29. The van der Waals surface area contributed by atoms with E-state index in [4.69, 9.17) is 16.3 Å². The first-order chi connectivity index (χ1) is 8.83. The third-order valence-corrected chi connectivity index (χ3v) is 2.36. The number of nitrogens with zero attached hydrogens (tertiary/aromatic N) is 1. The highest BCUT2D eigenvalue weighted by atomic mass is 35.5. The van der Waals surface area contributed by atoms with Gasteiger partial charge in [0.2, 0.25) is 0 Å². The van der Waals surface area contributed by atoms with E-state index in [2.05, 4.69) is 11.8 Å². The molecule has 102 valence electrons. The molecule has 0 heterocycles. The van der Waals surface area contributed by atoms with Gasteiger partial charge in [-0.25, -0.2) is 4.79 Å². The van der Waals surface area contributed by atoms with Crippen LogP contribution in [0.2, 0.25) is 0 Å². The number of rotatable bonds is 1. The number of anilines is 1. The lowest BCUT2D eigenvalue weighted by molar-refractivity contribution is 0.0589. The highest BCUT2D eigenvalue weighted by Crippen LogP contribution is 2.17. The molecule has 4 heteroatoms. The summed E-state index contributed by atoms with van der Waals surface area (Å²) in [5.74, 6) is 5.99. The van der Waals surface area contributed by atoms with E-state index in [0.29, 0.717) is 5.88 Å². The molecule has 1 rings (SSSR count). The first-order valence-electron chi connectivity index (χ1n) is 5.95. The molecule has 0 atom stereocenters. The molecule has 1 aromatic rings. The average Bonchev–Trinajstić information content (AvgIpc) is 2.34. The highest BCUT2D eigenvalue weighted by Gasteiger charge is 2.20. The lowest BCUT2D eigenvalue weighted by Gasteiger charge is -2.24. The molecule has 0 N–H and O–H groups in total. The predicted molar refractivity (Wildman–Crippen MR) is 78.7 cm³/mol. The van der Waals surface area contributed by atoms with Crippen molar-refractivity contribution in [1.29, 1.82) is 0 Å². The van der Waals surface area contributed by atoms with Gasteiger partial charge in [0.15, 0.2) is 0 Å². The topological polar surface area (TPSA) is 29.5 Å². The third-order valence-electron chi connectivity index (χ3n) is 2.22. The number of carbonyl (C=O) groups is 1. The van der Waals surface area contributed by atoms with Crippen LogP contribution in [0.1, 0.15) is 26.3 Å². The lowest BCUT2D eigenvalue weighted by atomic mass is 10.2. The van der Waals surface area contributed by atoms with Crippen molar-refractivity contribution < 1.29 is 9.53 Å². The normalized spacial score (nSPS) is 10.4. The van der Waals surface area contributed by atoms with Crippen LogP contribution >= 0.6 is 11.6 Å². The maximum Gasteiger partial charge on any atom is 0.414 e. The van der Waals surface area contributed by atoms with Crippen molar-refractivity contribution in [1.82, 2.24) is 0 Å². The SMILES string of the molecule is CN(C(=O)OC(C)(C)C)c1ccc(C#CCCl)cc1. The minimum absolute atomic E-state index is 0.305. The molecule has 0 saturated heterocycles. The summed E-state index contributed by atoms with van der Waals surface area (Å²) in [6.45, 7) is 5.51. The Kier molecular flexibility index (Phi) is 5.26. The first kappa shape index (κ1) is 15.4. The van der Waals surface area contributed by atoms with E-state index in [-0.39, 0.29) is 6.09 Å². The van der Waals surface area contributed by atoms with E-state index in [1.54, 1.807) is 7.05 Å². The molecule has 0 aliphatic heterocycles. The summed E-state index contributed by atoms with van der Waals surface area (Å²) in [5.41, 5.74) is 1.12. The Morgan fingerprint density at radius 3 is 2.37 bits per heavy atom. The van der Waals surface area contributed by atoms with E-state index in [1.165, 1.54) is 4.90 Å². The maximum atomic E-state index is 11.9. The molecular formula is C15H18ClNO2. The van der Waals surface area contributed by atoms with E-state index in [1.807, 2.05) is 45.0 Å². The molecule has 3 nitrogen and oxygen atoms in total. The van der Waals surface area contributed by atoms with Crippen LogP contribution in [0.4, 0.5) is 10.5 Å². The number of hydrogen-bond donors (Lipinski definition) is 0. The van der Waals surface area contributed by atoms with Crippen LogP contribution in [0.3, 0.4) is 0 Å². The molecule has 1 amide bonds. The lowest BCUT2D eigenvalue weighted by Crippen LogP contribution is -2.34. The zero-order valence-corrected chi connectivity index (χ0v) is 12.4. The molecule has 0 spiro atoms. The van der Waals surface area contributed by atoms with E-state index in [0.717, 1.165) is 11.3 Å². The zero-order chi connectivity index (χ0) is 14.5. The van der Waals surface area contributed by atoms with Crippen LogP contribution in [0.5, 0.6) is 0 Å². The van der Waals surface area contributed by atoms with Gasteiger partial charge in [-0.2, -0.15) is 0 Å². The largest absolute Gasteiger partial charge is 0.443 e. The minimum atomic E-state index is -0.503. The molecule has 0 fully saturated rings. The van der Waals surface area contributed by atoms with E-state index in [9.17, 15) is 4.79 Å². The highest BCUT2D eigenvalue weighted by molar-refractivity contribution is 6.19. The van der Waals surface area contributed by atoms with Gasteiger partial charge >= 0.3 is 6.09 Å². The molecule has 0 aliphatic carbocycles. The quantitative estimate of drug-likeness (QED) is 0.580. The average molecular weight is 280 g/mol. The van der Waals surface area contributed by atoms with Crippen molar-refractivity contribution in [2.75, 3.05) is 17.8 Å². The van der Waals surface area contributed by atoms with Gasteiger partial charge in [0.1, 0.15) is 5.60 Å². The van der Waals surface area contributed by atoms with Crippen LogP contribution in [0.25, 0.3) is 0 Å². The Bertz CT molecular complexity index is 492. The van der Waals surface area contributed by atoms with Crippen LogP contribution in [0, 0.1) is 11.8 Å². The second-order valence-electron chi connectivity index (χ2n) is 5.02. The summed E-state index contributed by atoms with van der Waals surface area (Å²) < 4.78 is 5.29. The standard InChI is InChI=1S/C15H18ClNO2/c1-15(2,3)19-14(18)17(4)13-9-7-12(8-10-13)6-5-11-16/h7-10H,11H2,1-4H3. The van der Waals surface area contributed by atoms with Gasteiger partial charge in [-0.15, -0.1) is 11.6 Å². The smallest absolute Gasteiger partial charge is 0.414 e. The number of ether oxygens (including phenoxy) is 1. The van der Waals surface area contributed by atoms with Crippen molar-refractivity contribution in [3.8, 4) is 11.8 Å². The predicted octanol–water partition coefficient (Wildman–Crippen LogP) is 3.65. The molecule has 0 saturated carbocycles. The summed E-state index contributed by atoms with van der Waals surface area (Å²) in [6, 6.07) is 7.33. The van der Waals surface area contributed by atoms with Crippen molar-refractivity contribution >= 4 is 23.4 Å². The fraction of sp³-hybridized carbons (Fsp3) is 0.400. The number of amides is 1. The summed E-state index contributed by atoms with van der Waals surface area (Å²) >= 11 is 5.49. The molecule has 0 aliphatic rings. The van der Waals surface area contributed by atoms with Crippen LogP contribution < -0.4 is 4.90 Å².